The molecule has 26 heavy (non-hydrogen) atoms. The summed E-state index contributed by atoms with van der Waals surface area (Å²) in [5.74, 6) is 0. The average Bonchev–Trinajstić information content (AvgIpc) is 2.92. The summed E-state index contributed by atoms with van der Waals surface area (Å²) >= 11 is 21.1. The molecule has 2 aromatic carbocycles. The summed E-state index contributed by atoms with van der Waals surface area (Å²) in [6.07, 6.45) is 1.28. The molecule has 134 valence electrons. The Hall–Kier alpha value is -0.970. The average molecular weight is 519 g/mol. The maximum atomic E-state index is 8.64. The highest BCUT2D eigenvalue weighted by Crippen LogP contribution is 2.39. The molecule has 0 atom stereocenters. The van der Waals surface area contributed by atoms with Gasteiger partial charge in [-0.25, -0.2) is 0 Å². The van der Waals surface area contributed by atoms with Crippen molar-refractivity contribution in [3.63, 3.8) is 0 Å². The highest BCUT2D eigenvalue weighted by Gasteiger charge is 2.17. The number of halogens is 4. The van der Waals surface area contributed by atoms with Crippen LogP contribution in [0.1, 0.15) is 12.1 Å². The first kappa shape index (κ1) is 19.8. The largest absolute Gasteiger partial charge is 0.358 e. The summed E-state index contributed by atoms with van der Waals surface area (Å²) in [6, 6.07) is 11.7. The van der Waals surface area contributed by atoms with Gasteiger partial charge in [-0.15, -0.1) is 0 Å². The topological polar surface area (TPSA) is 51.6 Å². The molecule has 3 aromatic rings. The zero-order valence-corrected chi connectivity index (χ0v) is 18.1. The minimum absolute atomic E-state index is 0.496. The van der Waals surface area contributed by atoms with Crippen LogP contribution in [0.5, 0.6) is 0 Å². The quantitative estimate of drug-likeness (QED) is 0.291. The number of benzene rings is 2. The fourth-order valence-electron chi connectivity index (χ4n) is 2.91. The Balaban J connectivity index is 2.06. The molecule has 0 radical (unpaired) electrons. The van der Waals surface area contributed by atoms with Gasteiger partial charge in [-0.1, -0.05) is 40.9 Å². The van der Waals surface area contributed by atoms with Crippen LogP contribution in [0.4, 0.5) is 0 Å². The number of nitrogens with zero attached hydrogens (tertiary/aromatic N) is 1. The number of fused-ring (bicyclic) bond motifs is 1. The first-order valence-corrected chi connectivity index (χ1v) is 10.2. The minimum atomic E-state index is 0.496. The third-order valence-electron chi connectivity index (χ3n) is 4.08. The van der Waals surface area contributed by atoms with E-state index in [-0.39, 0.29) is 0 Å². The van der Waals surface area contributed by atoms with Gasteiger partial charge < -0.3 is 10.3 Å². The van der Waals surface area contributed by atoms with Crippen molar-refractivity contribution in [1.82, 2.24) is 10.3 Å². The zero-order valence-electron chi connectivity index (χ0n) is 13.7. The van der Waals surface area contributed by atoms with E-state index in [1.807, 2.05) is 24.3 Å². The van der Waals surface area contributed by atoms with Crippen molar-refractivity contribution in [2.24, 2.45) is 0 Å². The Labute approximate surface area is 180 Å². The second kappa shape index (κ2) is 8.81. The van der Waals surface area contributed by atoms with E-state index < -0.39 is 0 Å². The number of aromatic amines is 1. The molecule has 7 heteroatoms. The van der Waals surface area contributed by atoms with Crippen molar-refractivity contribution in [3.05, 3.63) is 54.7 Å². The second-order valence-electron chi connectivity index (χ2n) is 5.82. The maximum absolute atomic E-state index is 8.64. The fraction of sp³-hybridized carbons (Fsp3) is 0.211. The zero-order chi connectivity index (χ0) is 18.7. The molecule has 3 rings (SSSR count). The van der Waals surface area contributed by atoms with Gasteiger partial charge in [0.15, 0.2) is 0 Å². The summed E-state index contributed by atoms with van der Waals surface area (Å²) in [7, 11) is 0. The molecule has 0 unspecified atom stereocenters. The lowest BCUT2D eigenvalue weighted by Crippen LogP contribution is -2.18. The summed E-state index contributed by atoms with van der Waals surface area (Å²) in [5, 5.41) is 14.9. The molecule has 0 saturated heterocycles. The summed E-state index contributed by atoms with van der Waals surface area (Å²) < 4.78 is 0.991. The molecule has 0 aliphatic heterocycles. The first-order chi connectivity index (χ1) is 12.5. The van der Waals surface area contributed by atoms with Crippen LogP contribution in [0.2, 0.25) is 15.1 Å². The Kier molecular flexibility index (Phi) is 6.70. The van der Waals surface area contributed by atoms with E-state index >= 15 is 0 Å². The van der Waals surface area contributed by atoms with E-state index in [0.29, 0.717) is 28.0 Å². The van der Waals surface area contributed by atoms with Crippen molar-refractivity contribution < 1.29 is 0 Å². The van der Waals surface area contributed by atoms with Crippen LogP contribution in [0.3, 0.4) is 0 Å². The standard InChI is InChI=1S/C19H15Cl3IN3/c20-11-2-3-12(14(21)8-11)19-13-9-15(22)16(23)10-18(13)26-17(19)4-7-25-6-1-5-24/h2-3,8-10,25-26H,1,4,6-7H2. The molecule has 1 aromatic heterocycles. The third kappa shape index (κ3) is 4.29. The molecule has 0 fully saturated rings. The Bertz CT molecular complexity index is 992. The second-order valence-corrected chi connectivity index (χ2v) is 8.24. The summed E-state index contributed by atoms with van der Waals surface area (Å²) in [4.78, 5) is 3.50. The van der Waals surface area contributed by atoms with E-state index in [1.54, 1.807) is 6.07 Å². The number of nitrogens with one attached hydrogen (secondary N) is 2. The van der Waals surface area contributed by atoms with E-state index in [1.165, 1.54) is 0 Å². The maximum Gasteiger partial charge on any atom is 0.0635 e. The van der Waals surface area contributed by atoms with Crippen molar-refractivity contribution >= 4 is 68.3 Å². The number of H-pyrrole nitrogens is 1. The van der Waals surface area contributed by atoms with Gasteiger partial charge in [-0.3, -0.25) is 0 Å². The lowest BCUT2D eigenvalue weighted by atomic mass is 10.0. The molecular formula is C19H15Cl3IN3. The molecule has 3 nitrogen and oxygen atoms in total. The van der Waals surface area contributed by atoms with Gasteiger partial charge in [0.2, 0.25) is 0 Å². The van der Waals surface area contributed by atoms with Crippen molar-refractivity contribution in [3.8, 4) is 17.2 Å². The van der Waals surface area contributed by atoms with Crippen LogP contribution in [0.15, 0.2) is 30.3 Å². The third-order valence-corrected chi connectivity index (χ3v) is 6.15. The number of hydrogen-bond acceptors (Lipinski definition) is 2. The molecule has 0 aliphatic carbocycles. The smallest absolute Gasteiger partial charge is 0.0635 e. The van der Waals surface area contributed by atoms with Gasteiger partial charge in [0.1, 0.15) is 0 Å². The van der Waals surface area contributed by atoms with E-state index in [4.69, 9.17) is 40.1 Å². The van der Waals surface area contributed by atoms with Crippen molar-refractivity contribution in [1.29, 1.82) is 5.26 Å². The van der Waals surface area contributed by atoms with Crippen LogP contribution in [0.25, 0.3) is 22.0 Å². The van der Waals surface area contributed by atoms with Gasteiger partial charge in [0.25, 0.3) is 0 Å². The Morgan fingerprint density at radius 1 is 1.08 bits per heavy atom. The van der Waals surface area contributed by atoms with Gasteiger partial charge in [-0.05, 0) is 46.9 Å². The number of hydrogen-bond donors (Lipinski definition) is 2. The normalized spacial score (nSPS) is 11.0. The summed E-state index contributed by atoms with van der Waals surface area (Å²) in [5.41, 5.74) is 4.06. The first-order valence-electron chi connectivity index (χ1n) is 8.04. The van der Waals surface area contributed by atoms with Crippen molar-refractivity contribution in [2.75, 3.05) is 13.1 Å². The predicted molar refractivity (Wildman–Crippen MR) is 118 cm³/mol. The number of aromatic nitrogens is 1. The highest BCUT2D eigenvalue weighted by molar-refractivity contribution is 14.1. The lowest BCUT2D eigenvalue weighted by Gasteiger charge is -2.09. The van der Waals surface area contributed by atoms with Gasteiger partial charge in [0.05, 0.1) is 11.1 Å². The van der Waals surface area contributed by atoms with Crippen LogP contribution >= 0.6 is 57.4 Å². The van der Waals surface area contributed by atoms with Crippen LogP contribution in [-0.4, -0.2) is 18.1 Å². The Morgan fingerprint density at radius 2 is 1.88 bits per heavy atom. The Morgan fingerprint density at radius 3 is 2.62 bits per heavy atom. The molecule has 2 N–H and O–H groups in total. The number of nitriles is 1. The molecular weight excluding hydrogens is 503 g/mol. The SMILES string of the molecule is N#CCCNCCc1[nH]c2cc(I)c(Cl)cc2c1-c1ccc(Cl)cc1Cl. The van der Waals surface area contributed by atoms with Crippen LogP contribution in [-0.2, 0) is 6.42 Å². The fourth-order valence-corrected chi connectivity index (χ4v) is 4.05. The molecule has 0 amide bonds. The molecule has 1 heterocycles. The molecule has 0 aliphatic rings. The van der Waals surface area contributed by atoms with Crippen molar-refractivity contribution in [2.45, 2.75) is 12.8 Å². The van der Waals surface area contributed by atoms with Crippen LogP contribution < -0.4 is 5.32 Å². The molecule has 0 spiro atoms. The monoisotopic (exact) mass is 517 g/mol. The minimum Gasteiger partial charge on any atom is -0.358 e. The van der Waals surface area contributed by atoms with Gasteiger partial charge in [-0.2, -0.15) is 5.26 Å². The molecule has 0 saturated carbocycles. The number of rotatable bonds is 6. The molecule has 0 bridgehead atoms. The lowest BCUT2D eigenvalue weighted by molar-refractivity contribution is 0.688. The van der Waals surface area contributed by atoms with E-state index in [0.717, 1.165) is 44.3 Å². The summed E-state index contributed by atoms with van der Waals surface area (Å²) in [6.45, 7) is 1.44. The highest BCUT2D eigenvalue weighted by atomic mass is 127. The van der Waals surface area contributed by atoms with Gasteiger partial charge in [0, 0.05) is 67.3 Å². The predicted octanol–water partition coefficient (Wildman–Crippen LogP) is 6.45. The van der Waals surface area contributed by atoms with E-state index in [9.17, 15) is 0 Å². The van der Waals surface area contributed by atoms with Crippen LogP contribution in [0, 0.1) is 14.9 Å². The van der Waals surface area contributed by atoms with E-state index in [2.05, 4.69) is 39.0 Å². The van der Waals surface area contributed by atoms with Gasteiger partial charge >= 0.3 is 0 Å².